The molecule has 0 aromatic heterocycles. The summed E-state index contributed by atoms with van der Waals surface area (Å²) in [4.78, 5) is 15.3. The molecule has 0 aromatic rings. The minimum Gasteiger partial charge on any atom is -0.332 e. The first kappa shape index (κ1) is 12.1. The topological polar surface area (TPSA) is 23.6 Å². The summed E-state index contributed by atoms with van der Waals surface area (Å²) in [5, 5.41) is 0. The monoisotopic (exact) mass is 208 g/mol. The molecule has 1 saturated heterocycles. The summed E-state index contributed by atoms with van der Waals surface area (Å²) in [7, 11) is 2.06. The van der Waals surface area contributed by atoms with Crippen LogP contribution < -0.4 is 0 Å². The first-order valence-corrected chi connectivity index (χ1v) is 5.55. The number of hydrogen-bond acceptors (Lipinski definition) is 2. The van der Waals surface area contributed by atoms with Crippen LogP contribution in [0.1, 0.15) is 26.7 Å². The van der Waals surface area contributed by atoms with Crippen LogP contribution in [0.15, 0.2) is 0 Å². The van der Waals surface area contributed by atoms with E-state index >= 15 is 0 Å². The van der Waals surface area contributed by atoms with Crippen LogP contribution in [0.3, 0.4) is 0 Å². The van der Waals surface area contributed by atoms with Crippen LogP contribution in [0.2, 0.25) is 0 Å². The number of amides is 1. The van der Waals surface area contributed by atoms with Gasteiger partial charge in [0.15, 0.2) is 0 Å². The van der Waals surface area contributed by atoms with Gasteiger partial charge < -0.3 is 4.90 Å². The van der Waals surface area contributed by atoms with Crippen molar-refractivity contribution >= 4 is 5.91 Å². The highest BCUT2D eigenvalue weighted by Crippen LogP contribution is 2.07. The van der Waals surface area contributed by atoms with Crippen molar-refractivity contribution in [1.29, 1.82) is 0 Å². The fourth-order valence-corrected chi connectivity index (χ4v) is 1.39. The predicted octanol–water partition coefficient (Wildman–Crippen LogP) is 0.952. The number of likely N-dealkylation sites (tertiary alicyclic amines) is 1. The van der Waals surface area contributed by atoms with E-state index in [1.807, 2.05) is 4.90 Å². The van der Waals surface area contributed by atoms with Crippen LogP contribution in [0.4, 0.5) is 0 Å². The summed E-state index contributed by atoms with van der Waals surface area (Å²) in [6.45, 7) is 6.55. The first-order chi connectivity index (χ1) is 7.11. The lowest BCUT2D eigenvalue weighted by molar-refractivity contribution is -0.127. The molecule has 0 unspecified atom stereocenters. The number of rotatable bonds is 3. The molecule has 15 heavy (non-hydrogen) atoms. The summed E-state index contributed by atoms with van der Waals surface area (Å²) in [6, 6.07) is 0.521. The van der Waals surface area contributed by atoms with Gasteiger partial charge in [-0.3, -0.25) is 9.69 Å². The van der Waals surface area contributed by atoms with E-state index in [-0.39, 0.29) is 5.91 Å². The predicted molar refractivity (Wildman–Crippen MR) is 61.4 cm³/mol. The van der Waals surface area contributed by atoms with Crippen LogP contribution >= 0.6 is 0 Å². The van der Waals surface area contributed by atoms with Crippen LogP contribution in [0.25, 0.3) is 0 Å². The molecule has 3 nitrogen and oxygen atoms in total. The van der Waals surface area contributed by atoms with Gasteiger partial charge in [-0.05, 0) is 27.3 Å². The molecule has 0 aromatic carbocycles. The van der Waals surface area contributed by atoms with Crippen LogP contribution in [-0.2, 0) is 4.79 Å². The Morgan fingerprint density at radius 3 is 2.73 bits per heavy atom. The summed E-state index contributed by atoms with van der Waals surface area (Å²) in [5.74, 6) is 6.40. The summed E-state index contributed by atoms with van der Waals surface area (Å²) in [5.41, 5.74) is 0. The highest BCUT2D eigenvalue weighted by Gasteiger charge is 2.18. The molecule has 0 aliphatic carbocycles. The van der Waals surface area contributed by atoms with Crippen LogP contribution in [-0.4, -0.2) is 48.4 Å². The maximum Gasteiger partial charge on any atom is 0.223 e. The zero-order valence-electron chi connectivity index (χ0n) is 9.92. The van der Waals surface area contributed by atoms with Gasteiger partial charge in [0.25, 0.3) is 0 Å². The van der Waals surface area contributed by atoms with Gasteiger partial charge in [0, 0.05) is 19.0 Å². The van der Waals surface area contributed by atoms with E-state index in [1.165, 1.54) is 0 Å². The molecule has 0 radical (unpaired) electrons. The van der Waals surface area contributed by atoms with Gasteiger partial charge in [-0.15, -0.1) is 0 Å². The van der Waals surface area contributed by atoms with Crippen molar-refractivity contribution in [3.63, 3.8) is 0 Å². The molecule has 1 rings (SSSR count). The fourth-order valence-electron chi connectivity index (χ4n) is 1.39. The Morgan fingerprint density at radius 1 is 1.47 bits per heavy atom. The van der Waals surface area contributed by atoms with E-state index < -0.39 is 0 Å². The van der Waals surface area contributed by atoms with Crippen LogP contribution in [0.5, 0.6) is 0 Å². The number of nitrogens with zero attached hydrogens (tertiary/aromatic N) is 2. The molecule has 1 fully saturated rings. The largest absolute Gasteiger partial charge is 0.332 e. The van der Waals surface area contributed by atoms with E-state index in [4.69, 9.17) is 0 Å². The van der Waals surface area contributed by atoms with Crippen molar-refractivity contribution in [2.45, 2.75) is 32.7 Å². The van der Waals surface area contributed by atoms with Crippen molar-refractivity contribution in [2.75, 3.05) is 26.7 Å². The average molecular weight is 208 g/mol. The standard InChI is InChI=1S/C12H20N2O/c1-11(2)13(3)8-4-5-9-14-10-6-7-12(14)15/h11H,6-10H2,1-3H3. The molecule has 3 heteroatoms. The summed E-state index contributed by atoms with van der Waals surface area (Å²) >= 11 is 0. The van der Waals surface area contributed by atoms with E-state index in [1.54, 1.807) is 0 Å². The third-order valence-corrected chi connectivity index (χ3v) is 2.78. The maximum atomic E-state index is 11.3. The Kier molecular flexibility index (Phi) is 4.64. The SMILES string of the molecule is CC(C)N(C)CC#CCN1CCCC1=O. The van der Waals surface area contributed by atoms with Gasteiger partial charge in [0.2, 0.25) is 5.91 Å². The van der Waals surface area contributed by atoms with Crippen molar-refractivity contribution in [3.8, 4) is 11.8 Å². The minimum absolute atomic E-state index is 0.251. The van der Waals surface area contributed by atoms with E-state index in [0.29, 0.717) is 19.0 Å². The van der Waals surface area contributed by atoms with E-state index in [0.717, 1.165) is 19.5 Å². The van der Waals surface area contributed by atoms with Gasteiger partial charge in [-0.2, -0.15) is 0 Å². The van der Waals surface area contributed by atoms with Gasteiger partial charge >= 0.3 is 0 Å². The average Bonchev–Trinajstić information content (AvgIpc) is 2.58. The second kappa shape index (κ2) is 5.77. The molecule has 1 amide bonds. The zero-order valence-corrected chi connectivity index (χ0v) is 9.92. The molecular formula is C12H20N2O. The fraction of sp³-hybridized carbons (Fsp3) is 0.750. The Labute approximate surface area is 92.4 Å². The molecule has 0 atom stereocenters. The number of carbonyl (C=O) groups excluding carboxylic acids is 1. The van der Waals surface area contributed by atoms with Crippen molar-refractivity contribution < 1.29 is 4.79 Å². The molecule has 0 saturated carbocycles. The van der Waals surface area contributed by atoms with Gasteiger partial charge in [-0.25, -0.2) is 0 Å². The third-order valence-electron chi connectivity index (χ3n) is 2.78. The number of carbonyl (C=O) groups is 1. The van der Waals surface area contributed by atoms with Crippen molar-refractivity contribution in [1.82, 2.24) is 9.80 Å². The lowest BCUT2D eigenvalue weighted by Crippen LogP contribution is -2.27. The highest BCUT2D eigenvalue weighted by atomic mass is 16.2. The Hall–Kier alpha value is -1.01. The molecule has 1 aliphatic rings. The quantitative estimate of drug-likeness (QED) is 0.645. The third kappa shape index (κ3) is 3.93. The number of hydrogen-bond donors (Lipinski definition) is 0. The molecule has 0 spiro atoms. The van der Waals surface area contributed by atoms with Gasteiger partial charge in [-0.1, -0.05) is 11.8 Å². The lowest BCUT2D eigenvalue weighted by Gasteiger charge is -2.17. The molecule has 0 bridgehead atoms. The minimum atomic E-state index is 0.251. The van der Waals surface area contributed by atoms with Crippen molar-refractivity contribution in [3.05, 3.63) is 0 Å². The Morgan fingerprint density at radius 2 is 2.20 bits per heavy atom. The first-order valence-electron chi connectivity index (χ1n) is 5.55. The summed E-state index contributed by atoms with van der Waals surface area (Å²) < 4.78 is 0. The molecule has 1 aliphatic heterocycles. The normalized spacial score (nSPS) is 16.1. The maximum absolute atomic E-state index is 11.3. The second-order valence-electron chi connectivity index (χ2n) is 4.28. The molecule has 0 N–H and O–H groups in total. The summed E-state index contributed by atoms with van der Waals surface area (Å²) in [6.07, 6.45) is 1.69. The van der Waals surface area contributed by atoms with E-state index in [2.05, 4.69) is 37.6 Å². The van der Waals surface area contributed by atoms with E-state index in [9.17, 15) is 4.79 Å². The smallest absolute Gasteiger partial charge is 0.223 e. The lowest BCUT2D eigenvalue weighted by atomic mass is 10.3. The Bertz CT molecular complexity index is 275. The molecule has 84 valence electrons. The highest BCUT2D eigenvalue weighted by molar-refractivity contribution is 5.78. The zero-order chi connectivity index (χ0) is 11.3. The van der Waals surface area contributed by atoms with Crippen LogP contribution in [0, 0.1) is 11.8 Å². The molecule has 1 heterocycles. The second-order valence-corrected chi connectivity index (χ2v) is 4.28. The molecular weight excluding hydrogens is 188 g/mol. The van der Waals surface area contributed by atoms with Gasteiger partial charge in [0.1, 0.15) is 0 Å². The Balaban J connectivity index is 2.24. The van der Waals surface area contributed by atoms with Gasteiger partial charge in [0.05, 0.1) is 13.1 Å². The van der Waals surface area contributed by atoms with Crippen molar-refractivity contribution in [2.24, 2.45) is 0 Å².